The molecular weight excluding hydrogens is 224 g/mol. The molecule has 5 heteroatoms. The standard InChI is InChI=1S/C11H22N2O2S/c1-3-16(14,15)13-10-5-4-6-11(13)8-9(7-10)12-2/h9-12H,3-8H2,1-2H3/t9?,10-,11+. The van der Waals surface area contributed by atoms with E-state index in [1.807, 2.05) is 11.4 Å². The second-order valence-electron chi connectivity index (χ2n) is 4.93. The van der Waals surface area contributed by atoms with Crippen molar-refractivity contribution in [3.05, 3.63) is 0 Å². The molecule has 0 amide bonds. The molecule has 0 aromatic rings. The van der Waals surface area contributed by atoms with Crippen molar-refractivity contribution in [2.75, 3.05) is 12.8 Å². The van der Waals surface area contributed by atoms with Crippen molar-refractivity contribution < 1.29 is 8.42 Å². The summed E-state index contributed by atoms with van der Waals surface area (Å²) in [6.07, 6.45) is 5.21. The smallest absolute Gasteiger partial charge is 0.214 e. The number of nitrogens with one attached hydrogen (secondary N) is 1. The van der Waals surface area contributed by atoms with E-state index < -0.39 is 10.0 Å². The highest BCUT2D eigenvalue weighted by atomic mass is 32.2. The Morgan fingerprint density at radius 3 is 2.25 bits per heavy atom. The Kier molecular flexibility index (Phi) is 3.56. The molecule has 0 saturated carbocycles. The average Bonchev–Trinajstić information content (AvgIpc) is 2.27. The Bertz CT molecular complexity index is 328. The van der Waals surface area contributed by atoms with Crippen molar-refractivity contribution in [3.63, 3.8) is 0 Å². The third kappa shape index (κ3) is 2.13. The van der Waals surface area contributed by atoms with Gasteiger partial charge in [0.15, 0.2) is 0 Å². The van der Waals surface area contributed by atoms with Crippen LogP contribution in [0, 0.1) is 0 Å². The van der Waals surface area contributed by atoms with Gasteiger partial charge in [0.25, 0.3) is 0 Å². The monoisotopic (exact) mass is 246 g/mol. The number of piperidine rings is 2. The summed E-state index contributed by atoms with van der Waals surface area (Å²) in [6.45, 7) is 1.75. The lowest BCUT2D eigenvalue weighted by molar-refractivity contribution is 0.102. The Labute approximate surface area is 98.4 Å². The summed E-state index contributed by atoms with van der Waals surface area (Å²) in [4.78, 5) is 0. The van der Waals surface area contributed by atoms with Gasteiger partial charge in [0, 0.05) is 18.1 Å². The van der Waals surface area contributed by atoms with Gasteiger partial charge in [0.05, 0.1) is 5.75 Å². The van der Waals surface area contributed by atoms with Crippen LogP contribution in [0.25, 0.3) is 0 Å². The quantitative estimate of drug-likeness (QED) is 0.806. The fourth-order valence-corrected chi connectivity index (χ4v) is 4.77. The molecule has 2 saturated heterocycles. The summed E-state index contributed by atoms with van der Waals surface area (Å²) >= 11 is 0. The first-order valence-electron chi connectivity index (χ1n) is 6.27. The van der Waals surface area contributed by atoms with Crippen LogP contribution in [0.15, 0.2) is 0 Å². The van der Waals surface area contributed by atoms with E-state index in [0.29, 0.717) is 6.04 Å². The Hall–Kier alpha value is -0.130. The number of hydrogen-bond acceptors (Lipinski definition) is 3. The van der Waals surface area contributed by atoms with E-state index in [0.717, 1.165) is 25.7 Å². The number of fused-ring (bicyclic) bond motifs is 2. The molecule has 0 spiro atoms. The normalized spacial score (nSPS) is 36.2. The first kappa shape index (κ1) is 12.3. The SMILES string of the molecule is CCS(=O)(=O)N1[C@@H]2CCC[C@H]1CC(NC)C2. The van der Waals surface area contributed by atoms with Gasteiger partial charge in [-0.15, -0.1) is 0 Å². The first-order valence-corrected chi connectivity index (χ1v) is 7.88. The molecule has 2 bridgehead atoms. The molecular formula is C11H22N2O2S. The molecule has 0 aliphatic carbocycles. The second kappa shape index (κ2) is 4.63. The zero-order valence-electron chi connectivity index (χ0n) is 10.1. The molecule has 2 aliphatic rings. The van der Waals surface area contributed by atoms with E-state index in [1.54, 1.807) is 6.92 Å². The molecule has 4 nitrogen and oxygen atoms in total. The predicted octanol–water partition coefficient (Wildman–Crippen LogP) is 0.941. The van der Waals surface area contributed by atoms with E-state index in [-0.39, 0.29) is 17.8 Å². The van der Waals surface area contributed by atoms with Crippen molar-refractivity contribution in [2.24, 2.45) is 0 Å². The summed E-state index contributed by atoms with van der Waals surface area (Å²) in [7, 11) is -1.03. The van der Waals surface area contributed by atoms with Crippen LogP contribution in [-0.4, -0.2) is 43.6 Å². The lowest BCUT2D eigenvalue weighted by atomic mass is 9.84. The Balaban J connectivity index is 2.21. The topological polar surface area (TPSA) is 49.4 Å². The zero-order valence-corrected chi connectivity index (χ0v) is 11.0. The predicted molar refractivity (Wildman–Crippen MR) is 64.8 cm³/mol. The number of rotatable bonds is 3. The van der Waals surface area contributed by atoms with Gasteiger partial charge >= 0.3 is 0 Å². The van der Waals surface area contributed by atoms with Gasteiger partial charge < -0.3 is 5.32 Å². The lowest BCUT2D eigenvalue weighted by Gasteiger charge is -2.47. The van der Waals surface area contributed by atoms with Crippen molar-refractivity contribution in [3.8, 4) is 0 Å². The summed E-state index contributed by atoms with van der Waals surface area (Å²) in [5, 5.41) is 3.30. The van der Waals surface area contributed by atoms with Crippen LogP contribution in [0.5, 0.6) is 0 Å². The van der Waals surface area contributed by atoms with Crippen LogP contribution < -0.4 is 5.32 Å². The van der Waals surface area contributed by atoms with Crippen molar-refractivity contribution in [2.45, 2.75) is 57.2 Å². The van der Waals surface area contributed by atoms with Gasteiger partial charge in [-0.25, -0.2) is 8.42 Å². The molecule has 1 unspecified atom stereocenters. The number of hydrogen-bond donors (Lipinski definition) is 1. The molecule has 0 radical (unpaired) electrons. The maximum absolute atomic E-state index is 12.1. The van der Waals surface area contributed by atoms with E-state index in [4.69, 9.17) is 0 Å². The van der Waals surface area contributed by atoms with Gasteiger partial charge in [0.2, 0.25) is 10.0 Å². The third-order valence-corrected chi connectivity index (χ3v) is 5.97. The van der Waals surface area contributed by atoms with Crippen LogP contribution in [-0.2, 0) is 10.0 Å². The molecule has 2 fully saturated rings. The Morgan fingerprint density at radius 2 is 1.81 bits per heavy atom. The summed E-state index contributed by atoms with van der Waals surface area (Å²) in [5.74, 6) is 0.240. The van der Waals surface area contributed by atoms with Gasteiger partial charge in [-0.05, 0) is 39.7 Å². The third-order valence-electron chi connectivity index (χ3n) is 4.00. The fraction of sp³-hybridized carbons (Fsp3) is 1.00. The number of sulfonamides is 1. The fourth-order valence-electron chi connectivity index (χ4n) is 3.18. The minimum atomic E-state index is -3.01. The van der Waals surface area contributed by atoms with E-state index in [2.05, 4.69) is 5.32 Å². The molecule has 2 rings (SSSR count). The van der Waals surface area contributed by atoms with E-state index in [1.165, 1.54) is 6.42 Å². The van der Waals surface area contributed by atoms with Crippen LogP contribution in [0.1, 0.15) is 39.0 Å². The van der Waals surface area contributed by atoms with Gasteiger partial charge in [-0.1, -0.05) is 6.42 Å². The summed E-state index contributed by atoms with van der Waals surface area (Å²) in [6, 6.07) is 0.989. The molecule has 2 aliphatic heterocycles. The van der Waals surface area contributed by atoms with Crippen molar-refractivity contribution in [1.82, 2.24) is 9.62 Å². The molecule has 1 N–H and O–H groups in total. The van der Waals surface area contributed by atoms with Crippen LogP contribution in [0.4, 0.5) is 0 Å². The highest BCUT2D eigenvalue weighted by molar-refractivity contribution is 7.89. The van der Waals surface area contributed by atoms with Crippen LogP contribution in [0.3, 0.4) is 0 Å². The largest absolute Gasteiger partial charge is 0.317 e. The van der Waals surface area contributed by atoms with E-state index >= 15 is 0 Å². The van der Waals surface area contributed by atoms with Crippen molar-refractivity contribution >= 4 is 10.0 Å². The maximum atomic E-state index is 12.1. The molecule has 16 heavy (non-hydrogen) atoms. The zero-order chi connectivity index (χ0) is 11.8. The second-order valence-corrected chi connectivity index (χ2v) is 7.09. The maximum Gasteiger partial charge on any atom is 0.214 e. The molecule has 0 aromatic carbocycles. The average molecular weight is 246 g/mol. The summed E-state index contributed by atoms with van der Waals surface area (Å²) in [5.41, 5.74) is 0. The van der Waals surface area contributed by atoms with Crippen molar-refractivity contribution in [1.29, 1.82) is 0 Å². The molecule has 3 atom stereocenters. The van der Waals surface area contributed by atoms with Gasteiger partial charge in [-0.2, -0.15) is 4.31 Å². The van der Waals surface area contributed by atoms with Gasteiger partial charge in [-0.3, -0.25) is 0 Å². The van der Waals surface area contributed by atoms with Gasteiger partial charge in [0.1, 0.15) is 0 Å². The highest BCUT2D eigenvalue weighted by Gasteiger charge is 2.43. The number of nitrogens with zero attached hydrogens (tertiary/aromatic N) is 1. The van der Waals surface area contributed by atoms with E-state index in [9.17, 15) is 8.42 Å². The molecule has 2 heterocycles. The van der Waals surface area contributed by atoms with Crippen LogP contribution in [0.2, 0.25) is 0 Å². The van der Waals surface area contributed by atoms with Crippen LogP contribution >= 0.6 is 0 Å². The molecule has 94 valence electrons. The first-order chi connectivity index (χ1) is 7.58. The lowest BCUT2D eigenvalue weighted by Crippen LogP contribution is -2.58. The minimum absolute atomic E-state index is 0.240. The summed E-state index contributed by atoms with van der Waals surface area (Å²) < 4.78 is 26.0. The minimum Gasteiger partial charge on any atom is -0.317 e. The molecule has 0 aromatic heterocycles. The highest BCUT2D eigenvalue weighted by Crippen LogP contribution is 2.36. The Morgan fingerprint density at radius 1 is 1.25 bits per heavy atom.